The van der Waals surface area contributed by atoms with Gasteiger partial charge in [-0.1, -0.05) is 30.3 Å². The van der Waals surface area contributed by atoms with Gasteiger partial charge < -0.3 is 10.5 Å². The van der Waals surface area contributed by atoms with Crippen molar-refractivity contribution < 1.29 is 17.9 Å². The zero-order chi connectivity index (χ0) is 16.2. The molecule has 0 aromatic heterocycles. The summed E-state index contributed by atoms with van der Waals surface area (Å²) in [6, 6.07) is 13.5. The van der Waals surface area contributed by atoms with Gasteiger partial charge in [0.05, 0.1) is 0 Å². The van der Waals surface area contributed by atoms with E-state index in [4.69, 9.17) is 5.73 Å². The highest BCUT2D eigenvalue weighted by Gasteiger charge is 2.32. The third-order valence-corrected chi connectivity index (χ3v) is 3.04. The number of anilines is 1. The van der Waals surface area contributed by atoms with Crippen molar-refractivity contribution in [1.29, 1.82) is 0 Å². The molecule has 23 heavy (non-hydrogen) atoms. The summed E-state index contributed by atoms with van der Waals surface area (Å²) in [6.45, 7) is 0.909. The van der Waals surface area contributed by atoms with E-state index in [1.165, 1.54) is 12.1 Å². The fourth-order valence-corrected chi connectivity index (χ4v) is 2.21. The van der Waals surface area contributed by atoms with Crippen molar-refractivity contribution in [2.75, 3.05) is 12.8 Å². The van der Waals surface area contributed by atoms with Crippen LogP contribution in [0.15, 0.2) is 48.5 Å². The van der Waals surface area contributed by atoms with Gasteiger partial charge in [0.1, 0.15) is 5.75 Å². The van der Waals surface area contributed by atoms with Gasteiger partial charge in [0, 0.05) is 24.3 Å². The summed E-state index contributed by atoms with van der Waals surface area (Å²) < 4.78 is 41.3. The van der Waals surface area contributed by atoms with E-state index in [1.807, 2.05) is 30.1 Å². The number of ether oxygens (including phenoxy) is 1. The van der Waals surface area contributed by atoms with Gasteiger partial charge in [-0.2, -0.15) is 0 Å². The van der Waals surface area contributed by atoms with E-state index < -0.39 is 6.36 Å². The smallest absolute Gasteiger partial charge is 0.405 e. The zero-order valence-corrected chi connectivity index (χ0v) is 13.3. The Labute approximate surface area is 139 Å². The number of nitrogen functional groups attached to an aromatic ring is 1. The van der Waals surface area contributed by atoms with Crippen LogP contribution in [0.1, 0.15) is 11.1 Å². The lowest BCUT2D eigenvalue weighted by atomic mass is 10.1. The first kappa shape index (κ1) is 19.1. The van der Waals surface area contributed by atoms with Crippen molar-refractivity contribution in [3.05, 3.63) is 59.7 Å². The monoisotopic (exact) mass is 346 g/mol. The summed E-state index contributed by atoms with van der Waals surface area (Å²) in [5.74, 6) is -0.172. The normalized spacial score (nSPS) is 11.2. The topological polar surface area (TPSA) is 38.5 Å². The second-order valence-corrected chi connectivity index (χ2v) is 5.07. The molecule has 2 aromatic rings. The molecule has 7 heteroatoms. The van der Waals surface area contributed by atoms with Crippen LogP contribution in [-0.4, -0.2) is 18.3 Å². The molecular weight excluding hydrogens is 329 g/mol. The molecule has 0 aliphatic heterocycles. The maximum atomic E-state index is 12.4. The lowest BCUT2D eigenvalue weighted by Crippen LogP contribution is -2.21. The molecule has 2 aromatic carbocycles. The van der Waals surface area contributed by atoms with E-state index in [2.05, 4.69) is 4.74 Å². The number of nitrogens with two attached hydrogens (primary N) is 1. The average Bonchev–Trinajstić information content (AvgIpc) is 2.39. The molecule has 0 amide bonds. The van der Waals surface area contributed by atoms with Crippen molar-refractivity contribution in [1.82, 2.24) is 4.90 Å². The van der Waals surface area contributed by atoms with Crippen molar-refractivity contribution in [3.63, 3.8) is 0 Å². The Morgan fingerprint density at radius 2 is 1.74 bits per heavy atom. The molecule has 3 nitrogen and oxygen atoms in total. The van der Waals surface area contributed by atoms with E-state index in [1.54, 1.807) is 18.2 Å². The predicted octanol–water partition coefficient (Wildman–Crippen LogP) is 4.22. The van der Waals surface area contributed by atoms with Crippen LogP contribution in [0, 0.1) is 0 Å². The van der Waals surface area contributed by atoms with E-state index in [-0.39, 0.29) is 18.2 Å². The fraction of sp³-hybridized carbons (Fsp3) is 0.250. The van der Waals surface area contributed by atoms with Gasteiger partial charge in [0.2, 0.25) is 0 Å². The number of hydrogen-bond donors (Lipinski definition) is 1. The van der Waals surface area contributed by atoms with Crippen molar-refractivity contribution in [2.45, 2.75) is 19.5 Å². The van der Waals surface area contributed by atoms with Crippen LogP contribution >= 0.6 is 12.4 Å². The minimum absolute atomic E-state index is 0. The molecule has 0 heterocycles. The molecule has 0 unspecified atom stereocenters. The van der Waals surface area contributed by atoms with Crippen LogP contribution in [0.2, 0.25) is 0 Å². The van der Waals surface area contributed by atoms with Crippen LogP contribution in [0.25, 0.3) is 0 Å². The number of alkyl halides is 3. The van der Waals surface area contributed by atoms with Crippen LogP contribution in [0.5, 0.6) is 5.75 Å². The van der Waals surface area contributed by atoms with Gasteiger partial charge in [-0.3, -0.25) is 4.90 Å². The Morgan fingerprint density at radius 3 is 2.39 bits per heavy atom. The quantitative estimate of drug-likeness (QED) is 0.824. The Balaban J connectivity index is 0.00000264. The molecule has 0 aliphatic rings. The zero-order valence-electron chi connectivity index (χ0n) is 12.5. The Hall–Kier alpha value is -1.92. The molecule has 0 radical (unpaired) electrons. The highest BCUT2D eigenvalue weighted by atomic mass is 35.5. The van der Waals surface area contributed by atoms with Gasteiger partial charge in [-0.25, -0.2) is 0 Å². The first-order chi connectivity index (χ1) is 10.3. The molecule has 0 aliphatic carbocycles. The molecule has 0 bridgehead atoms. The van der Waals surface area contributed by atoms with Crippen molar-refractivity contribution in [2.24, 2.45) is 0 Å². The third-order valence-electron chi connectivity index (χ3n) is 3.04. The van der Waals surface area contributed by atoms with Crippen molar-refractivity contribution >= 4 is 18.1 Å². The number of hydrogen-bond acceptors (Lipinski definition) is 3. The van der Waals surface area contributed by atoms with Crippen molar-refractivity contribution in [3.8, 4) is 5.75 Å². The summed E-state index contributed by atoms with van der Waals surface area (Å²) in [5, 5.41) is 0. The maximum Gasteiger partial charge on any atom is 0.573 e. The summed E-state index contributed by atoms with van der Waals surface area (Å²) >= 11 is 0. The lowest BCUT2D eigenvalue weighted by Gasteiger charge is -2.19. The summed E-state index contributed by atoms with van der Waals surface area (Å²) in [6.07, 6.45) is -4.69. The van der Waals surface area contributed by atoms with Crippen LogP contribution < -0.4 is 10.5 Å². The molecule has 0 saturated heterocycles. The van der Waals surface area contributed by atoms with Gasteiger partial charge >= 0.3 is 6.36 Å². The van der Waals surface area contributed by atoms with E-state index >= 15 is 0 Å². The van der Waals surface area contributed by atoms with Crippen LogP contribution in [0.4, 0.5) is 18.9 Å². The maximum absolute atomic E-state index is 12.4. The standard InChI is InChI=1S/C16H17F3N2O.ClH/c1-21(10-12-5-4-7-14(20)9-12)11-13-6-2-3-8-15(13)22-16(17,18)19;/h2-9H,10-11,20H2,1H3;1H. The largest absolute Gasteiger partial charge is 0.573 e. The molecule has 0 atom stereocenters. The Bertz CT molecular complexity index is 635. The Kier molecular flexibility index (Phi) is 6.72. The molecule has 0 fully saturated rings. The van der Waals surface area contributed by atoms with Gasteiger partial charge in [0.15, 0.2) is 0 Å². The first-order valence-corrected chi connectivity index (χ1v) is 6.70. The predicted molar refractivity (Wildman–Crippen MR) is 86.4 cm³/mol. The highest BCUT2D eigenvalue weighted by molar-refractivity contribution is 5.85. The highest BCUT2D eigenvalue weighted by Crippen LogP contribution is 2.27. The van der Waals surface area contributed by atoms with Gasteiger partial charge in [-0.05, 0) is 30.8 Å². The average molecular weight is 347 g/mol. The van der Waals surface area contributed by atoms with Crippen LogP contribution in [0.3, 0.4) is 0 Å². The molecule has 0 saturated carbocycles. The number of rotatable bonds is 5. The summed E-state index contributed by atoms with van der Waals surface area (Å²) in [5.41, 5.74) is 7.85. The second-order valence-electron chi connectivity index (χ2n) is 5.07. The van der Waals surface area contributed by atoms with E-state index in [9.17, 15) is 13.2 Å². The number of halogens is 4. The minimum Gasteiger partial charge on any atom is -0.405 e. The Morgan fingerprint density at radius 1 is 1.04 bits per heavy atom. The number of para-hydroxylation sites is 1. The fourth-order valence-electron chi connectivity index (χ4n) is 2.21. The second kappa shape index (κ2) is 8.08. The third kappa shape index (κ3) is 6.38. The van der Waals surface area contributed by atoms with Gasteiger partial charge in [0.25, 0.3) is 0 Å². The molecule has 0 spiro atoms. The first-order valence-electron chi connectivity index (χ1n) is 6.70. The van der Waals surface area contributed by atoms with Crippen LogP contribution in [-0.2, 0) is 13.1 Å². The van der Waals surface area contributed by atoms with Gasteiger partial charge in [-0.15, -0.1) is 25.6 Å². The molecular formula is C16H18ClF3N2O. The number of benzene rings is 2. The van der Waals surface area contributed by atoms with E-state index in [0.29, 0.717) is 24.3 Å². The minimum atomic E-state index is -4.69. The lowest BCUT2D eigenvalue weighted by molar-refractivity contribution is -0.275. The van der Waals surface area contributed by atoms with E-state index in [0.717, 1.165) is 5.56 Å². The number of nitrogens with zero attached hydrogens (tertiary/aromatic N) is 1. The SMILES string of the molecule is CN(Cc1cccc(N)c1)Cc1ccccc1OC(F)(F)F.Cl. The molecule has 126 valence electrons. The summed E-state index contributed by atoms with van der Waals surface area (Å²) in [7, 11) is 1.83. The molecule has 2 rings (SSSR count). The summed E-state index contributed by atoms with van der Waals surface area (Å²) in [4.78, 5) is 1.90. The molecule has 2 N–H and O–H groups in total.